The van der Waals surface area contributed by atoms with Crippen molar-refractivity contribution in [2.45, 2.75) is 12.5 Å². The molecule has 0 aromatic heterocycles. The summed E-state index contributed by atoms with van der Waals surface area (Å²) in [5.41, 5.74) is -0.0728. The first-order valence-corrected chi connectivity index (χ1v) is 6.82. The van der Waals surface area contributed by atoms with E-state index in [2.05, 4.69) is 5.32 Å². The number of carbonyl (C=O) groups is 1. The minimum absolute atomic E-state index is 0.0511. The number of fused-ring (bicyclic) bond motifs is 1. The highest BCUT2D eigenvalue weighted by molar-refractivity contribution is 5.94. The Hall–Kier alpha value is -2.57. The van der Waals surface area contributed by atoms with E-state index in [1.807, 2.05) is 0 Å². The minimum atomic E-state index is -0.854. The van der Waals surface area contributed by atoms with E-state index in [9.17, 15) is 22.4 Å². The van der Waals surface area contributed by atoms with E-state index in [1.165, 1.54) is 0 Å². The molecule has 7 heteroatoms. The smallest absolute Gasteiger partial charge is 0.254 e. The van der Waals surface area contributed by atoms with E-state index in [-0.39, 0.29) is 18.7 Å². The Morgan fingerprint density at radius 1 is 1.09 bits per heavy atom. The molecule has 1 aliphatic heterocycles. The van der Waals surface area contributed by atoms with Crippen LogP contribution in [0.3, 0.4) is 0 Å². The van der Waals surface area contributed by atoms with E-state index in [1.54, 1.807) is 0 Å². The van der Waals surface area contributed by atoms with Crippen LogP contribution < -0.4 is 10.1 Å². The van der Waals surface area contributed by atoms with Crippen LogP contribution in [0.4, 0.5) is 17.6 Å². The lowest BCUT2D eigenvalue weighted by molar-refractivity contribution is 0.0928. The fourth-order valence-corrected chi connectivity index (χ4v) is 2.44. The summed E-state index contributed by atoms with van der Waals surface area (Å²) in [7, 11) is 0. The Bertz CT molecular complexity index is 779. The van der Waals surface area contributed by atoms with Crippen LogP contribution in [-0.2, 0) is 6.42 Å². The summed E-state index contributed by atoms with van der Waals surface area (Å²) >= 11 is 0. The van der Waals surface area contributed by atoms with Crippen LogP contribution in [0.25, 0.3) is 0 Å². The van der Waals surface area contributed by atoms with Crippen molar-refractivity contribution in [2.75, 3.05) is 6.54 Å². The van der Waals surface area contributed by atoms with Gasteiger partial charge in [0.05, 0.1) is 12.1 Å². The fraction of sp³-hybridized carbons (Fsp3) is 0.188. The van der Waals surface area contributed by atoms with Crippen LogP contribution in [0.5, 0.6) is 5.75 Å². The normalized spacial score (nSPS) is 15.9. The molecule has 23 heavy (non-hydrogen) atoms. The number of rotatable bonds is 3. The highest BCUT2D eigenvalue weighted by atomic mass is 19.1. The number of carbonyl (C=O) groups excluding carboxylic acids is 1. The van der Waals surface area contributed by atoms with Crippen molar-refractivity contribution in [1.29, 1.82) is 0 Å². The Kier molecular flexibility index (Phi) is 3.94. The van der Waals surface area contributed by atoms with Crippen LogP contribution in [0.1, 0.15) is 15.9 Å². The third-order valence-corrected chi connectivity index (χ3v) is 3.48. The van der Waals surface area contributed by atoms with Crippen molar-refractivity contribution in [3.63, 3.8) is 0 Å². The molecule has 2 aromatic carbocycles. The predicted molar refractivity (Wildman–Crippen MR) is 73.2 cm³/mol. The average molecular weight is 325 g/mol. The SMILES string of the molecule is O=C(NC[C@@H]1Cc2cc(F)cc(F)c2O1)c1cc(F)ccc1F. The van der Waals surface area contributed by atoms with E-state index in [0.29, 0.717) is 11.6 Å². The van der Waals surface area contributed by atoms with Gasteiger partial charge in [0.1, 0.15) is 23.6 Å². The Labute approximate surface area is 128 Å². The van der Waals surface area contributed by atoms with Crippen LogP contribution >= 0.6 is 0 Å². The van der Waals surface area contributed by atoms with Gasteiger partial charge in [-0.15, -0.1) is 0 Å². The Balaban J connectivity index is 1.65. The van der Waals surface area contributed by atoms with Gasteiger partial charge < -0.3 is 10.1 Å². The lowest BCUT2D eigenvalue weighted by Gasteiger charge is -2.12. The first-order chi connectivity index (χ1) is 10.9. The highest BCUT2D eigenvalue weighted by Crippen LogP contribution is 2.32. The molecule has 0 bridgehead atoms. The fourth-order valence-electron chi connectivity index (χ4n) is 2.44. The van der Waals surface area contributed by atoms with Gasteiger partial charge in [-0.25, -0.2) is 17.6 Å². The molecule has 0 saturated heterocycles. The summed E-state index contributed by atoms with van der Waals surface area (Å²) in [5, 5.41) is 2.39. The number of hydrogen-bond donors (Lipinski definition) is 1. The van der Waals surface area contributed by atoms with Gasteiger partial charge >= 0.3 is 0 Å². The van der Waals surface area contributed by atoms with Crippen molar-refractivity contribution >= 4 is 5.91 Å². The van der Waals surface area contributed by atoms with Crippen LogP contribution in [-0.4, -0.2) is 18.6 Å². The lowest BCUT2D eigenvalue weighted by Crippen LogP contribution is -2.35. The van der Waals surface area contributed by atoms with E-state index < -0.39 is 40.8 Å². The molecule has 0 spiro atoms. The molecule has 0 unspecified atom stereocenters. The van der Waals surface area contributed by atoms with Gasteiger partial charge in [-0.1, -0.05) is 0 Å². The van der Waals surface area contributed by atoms with Crippen LogP contribution in [0.15, 0.2) is 30.3 Å². The minimum Gasteiger partial charge on any atom is -0.485 e. The molecular formula is C16H11F4NO2. The lowest BCUT2D eigenvalue weighted by atomic mass is 10.1. The van der Waals surface area contributed by atoms with Gasteiger partial charge in [0.15, 0.2) is 11.6 Å². The van der Waals surface area contributed by atoms with Gasteiger partial charge in [-0.05, 0) is 24.3 Å². The zero-order chi connectivity index (χ0) is 16.6. The second kappa shape index (κ2) is 5.91. The molecule has 1 N–H and O–H groups in total. The van der Waals surface area contributed by atoms with E-state index >= 15 is 0 Å². The molecule has 2 aromatic rings. The van der Waals surface area contributed by atoms with Gasteiger partial charge in [0.2, 0.25) is 0 Å². The number of hydrogen-bond acceptors (Lipinski definition) is 2. The largest absolute Gasteiger partial charge is 0.485 e. The summed E-state index contributed by atoms with van der Waals surface area (Å²) in [4.78, 5) is 11.9. The second-order valence-corrected chi connectivity index (χ2v) is 5.15. The molecule has 1 aliphatic rings. The topological polar surface area (TPSA) is 38.3 Å². The van der Waals surface area contributed by atoms with Gasteiger partial charge in [-0.3, -0.25) is 4.79 Å². The number of ether oxygens (including phenoxy) is 1. The number of amides is 1. The van der Waals surface area contributed by atoms with Crippen molar-refractivity contribution in [2.24, 2.45) is 0 Å². The molecule has 0 fully saturated rings. The standard InChI is InChI=1S/C16H11F4NO2/c17-9-1-2-13(19)12(5-9)16(22)21-7-11-4-8-3-10(18)6-14(20)15(8)23-11/h1-3,5-6,11H,4,7H2,(H,21,22)/t11-/m0/s1. The number of halogens is 4. The molecule has 1 atom stereocenters. The summed E-state index contributed by atoms with van der Waals surface area (Å²) < 4.78 is 58.5. The third-order valence-electron chi connectivity index (χ3n) is 3.48. The molecule has 3 rings (SSSR count). The third kappa shape index (κ3) is 3.13. The zero-order valence-corrected chi connectivity index (χ0v) is 11.7. The second-order valence-electron chi connectivity index (χ2n) is 5.15. The van der Waals surface area contributed by atoms with Crippen LogP contribution in [0, 0.1) is 23.3 Å². The monoisotopic (exact) mass is 325 g/mol. The highest BCUT2D eigenvalue weighted by Gasteiger charge is 2.27. The van der Waals surface area contributed by atoms with Crippen LogP contribution in [0.2, 0.25) is 0 Å². The first kappa shape index (κ1) is 15.3. The van der Waals surface area contributed by atoms with E-state index in [4.69, 9.17) is 4.74 Å². The van der Waals surface area contributed by atoms with Crippen molar-refractivity contribution in [1.82, 2.24) is 5.32 Å². The molecular weight excluding hydrogens is 314 g/mol. The summed E-state index contributed by atoms with van der Waals surface area (Å²) in [6.07, 6.45) is -0.405. The summed E-state index contributed by atoms with van der Waals surface area (Å²) in [5.74, 6) is -3.98. The molecule has 0 saturated carbocycles. The summed E-state index contributed by atoms with van der Waals surface area (Å²) in [6, 6.07) is 4.41. The molecule has 1 heterocycles. The Morgan fingerprint density at radius 2 is 1.87 bits per heavy atom. The quantitative estimate of drug-likeness (QED) is 0.881. The van der Waals surface area contributed by atoms with Gasteiger partial charge in [0.25, 0.3) is 5.91 Å². The maximum Gasteiger partial charge on any atom is 0.254 e. The van der Waals surface area contributed by atoms with Gasteiger partial charge in [-0.2, -0.15) is 0 Å². The first-order valence-electron chi connectivity index (χ1n) is 6.82. The van der Waals surface area contributed by atoms with Gasteiger partial charge in [0, 0.05) is 18.1 Å². The summed E-state index contributed by atoms with van der Waals surface area (Å²) in [6.45, 7) is -0.0511. The van der Waals surface area contributed by atoms with E-state index in [0.717, 1.165) is 24.3 Å². The maximum absolute atomic E-state index is 13.5. The Morgan fingerprint density at radius 3 is 2.65 bits per heavy atom. The van der Waals surface area contributed by atoms with Crippen molar-refractivity contribution < 1.29 is 27.1 Å². The number of benzene rings is 2. The predicted octanol–water partition coefficient (Wildman–Crippen LogP) is 2.98. The number of nitrogens with one attached hydrogen (secondary N) is 1. The van der Waals surface area contributed by atoms with Crippen molar-refractivity contribution in [3.8, 4) is 5.75 Å². The van der Waals surface area contributed by atoms with Crippen molar-refractivity contribution in [3.05, 3.63) is 64.7 Å². The molecule has 0 aliphatic carbocycles. The molecule has 0 radical (unpaired) electrons. The molecule has 120 valence electrons. The molecule has 3 nitrogen and oxygen atoms in total. The average Bonchev–Trinajstić information content (AvgIpc) is 2.90. The molecule has 1 amide bonds. The maximum atomic E-state index is 13.5. The zero-order valence-electron chi connectivity index (χ0n) is 11.7.